The van der Waals surface area contributed by atoms with Crippen LogP contribution in [0.3, 0.4) is 0 Å². The topological polar surface area (TPSA) is 42.7 Å². The van der Waals surface area contributed by atoms with Crippen molar-refractivity contribution < 1.29 is 0 Å². The minimum Gasteiger partial charge on any atom is -0.313 e. The smallest absolute Gasteiger partial charge is 0.113 e. The molecular weight excluding hydrogens is 272 g/mol. The van der Waals surface area contributed by atoms with Crippen LogP contribution >= 0.6 is 11.6 Å². The Morgan fingerprint density at radius 1 is 1.20 bits per heavy atom. The molecule has 0 amide bonds. The van der Waals surface area contributed by atoms with Crippen LogP contribution in [0.1, 0.15) is 18.5 Å². The zero-order valence-electron chi connectivity index (χ0n) is 11.3. The second-order valence-corrected chi connectivity index (χ2v) is 5.12. The van der Waals surface area contributed by atoms with Gasteiger partial charge in [-0.3, -0.25) is 0 Å². The number of hydrogen-bond donors (Lipinski definition) is 1. The Hall–Kier alpha value is -1.91. The number of halogens is 1. The van der Waals surface area contributed by atoms with Crippen molar-refractivity contribution in [2.24, 2.45) is 0 Å². The molecule has 0 saturated carbocycles. The van der Waals surface area contributed by atoms with E-state index < -0.39 is 0 Å². The van der Waals surface area contributed by atoms with Crippen molar-refractivity contribution in [1.82, 2.24) is 20.3 Å². The number of nitrogens with zero attached hydrogens (tertiary/aromatic N) is 3. The second kappa shape index (κ2) is 5.23. The molecule has 1 atom stereocenters. The maximum atomic E-state index is 6.41. The van der Waals surface area contributed by atoms with Gasteiger partial charge in [0.25, 0.3) is 0 Å². The summed E-state index contributed by atoms with van der Waals surface area (Å²) in [6, 6.07) is 14.1. The average molecular weight is 287 g/mol. The summed E-state index contributed by atoms with van der Waals surface area (Å²) in [5, 5.41) is 12.2. The van der Waals surface area contributed by atoms with E-state index >= 15 is 0 Å². The highest BCUT2D eigenvalue weighted by atomic mass is 35.5. The van der Waals surface area contributed by atoms with Crippen LogP contribution in [0, 0.1) is 0 Å². The van der Waals surface area contributed by atoms with Gasteiger partial charge in [-0.05, 0) is 43.8 Å². The highest BCUT2D eigenvalue weighted by Crippen LogP contribution is 2.26. The van der Waals surface area contributed by atoms with Crippen molar-refractivity contribution >= 4 is 22.6 Å². The lowest BCUT2D eigenvalue weighted by Gasteiger charge is -2.13. The van der Waals surface area contributed by atoms with Gasteiger partial charge in [0.15, 0.2) is 0 Å². The van der Waals surface area contributed by atoms with Crippen molar-refractivity contribution in [2.75, 3.05) is 7.05 Å². The fourth-order valence-corrected chi connectivity index (χ4v) is 2.45. The van der Waals surface area contributed by atoms with Crippen LogP contribution in [0.5, 0.6) is 0 Å². The third-order valence-electron chi connectivity index (χ3n) is 3.48. The molecule has 4 nitrogen and oxygen atoms in total. The minimum atomic E-state index is 0.258. The van der Waals surface area contributed by atoms with Gasteiger partial charge in [-0.2, -0.15) is 0 Å². The highest BCUT2D eigenvalue weighted by molar-refractivity contribution is 6.32. The molecule has 0 aliphatic heterocycles. The molecule has 0 aliphatic rings. The number of hydrogen-bond acceptors (Lipinski definition) is 3. The van der Waals surface area contributed by atoms with Crippen LogP contribution in [0.4, 0.5) is 0 Å². The standard InChI is InChI=1S/C15H15ClN4/c1-10(17-2)11-7-8-14(12(16)9-11)20-15-6-4-3-5-13(15)18-19-20/h3-10,17H,1-2H3. The van der Waals surface area contributed by atoms with Crippen molar-refractivity contribution in [3.63, 3.8) is 0 Å². The number of nitrogens with one attached hydrogen (secondary N) is 1. The zero-order valence-corrected chi connectivity index (χ0v) is 12.1. The molecule has 0 fully saturated rings. The Morgan fingerprint density at radius 3 is 2.75 bits per heavy atom. The highest BCUT2D eigenvalue weighted by Gasteiger charge is 2.11. The maximum absolute atomic E-state index is 6.41. The molecule has 1 aromatic heterocycles. The molecule has 1 heterocycles. The van der Waals surface area contributed by atoms with Gasteiger partial charge in [-0.25, -0.2) is 4.68 Å². The molecular formula is C15H15ClN4. The third kappa shape index (κ3) is 2.17. The third-order valence-corrected chi connectivity index (χ3v) is 3.79. The first-order chi connectivity index (χ1) is 9.70. The second-order valence-electron chi connectivity index (χ2n) is 4.71. The first-order valence-corrected chi connectivity index (χ1v) is 6.86. The molecule has 2 aromatic carbocycles. The van der Waals surface area contributed by atoms with E-state index in [1.54, 1.807) is 4.68 Å². The zero-order chi connectivity index (χ0) is 14.1. The molecule has 0 bridgehead atoms. The van der Waals surface area contributed by atoms with Crippen LogP contribution in [-0.4, -0.2) is 22.0 Å². The number of rotatable bonds is 3. The van der Waals surface area contributed by atoms with E-state index in [4.69, 9.17) is 11.6 Å². The van der Waals surface area contributed by atoms with Crippen LogP contribution in [-0.2, 0) is 0 Å². The Labute approximate surface area is 122 Å². The van der Waals surface area contributed by atoms with Crippen LogP contribution in [0.25, 0.3) is 16.7 Å². The summed E-state index contributed by atoms with van der Waals surface area (Å²) in [5.41, 5.74) is 3.79. The van der Waals surface area contributed by atoms with E-state index in [-0.39, 0.29) is 6.04 Å². The summed E-state index contributed by atoms with van der Waals surface area (Å²) >= 11 is 6.41. The molecule has 0 spiro atoms. The molecule has 0 saturated heterocycles. The van der Waals surface area contributed by atoms with Crippen LogP contribution in [0.2, 0.25) is 5.02 Å². The van der Waals surface area contributed by atoms with E-state index in [0.717, 1.165) is 22.3 Å². The first-order valence-electron chi connectivity index (χ1n) is 6.48. The lowest BCUT2D eigenvalue weighted by molar-refractivity contribution is 0.652. The number of benzene rings is 2. The molecule has 102 valence electrons. The predicted octanol–water partition coefficient (Wildman–Crippen LogP) is 3.35. The van der Waals surface area contributed by atoms with Crippen molar-refractivity contribution in [3.8, 4) is 5.69 Å². The lowest BCUT2D eigenvalue weighted by Crippen LogP contribution is -2.12. The Bertz CT molecular complexity index is 750. The molecule has 3 rings (SSSR count). The summed E-state index contributed by atoms with van der Waals surface area (Å²) in [4.78, 5) is 0. The maximum Gasteiger partial charge on any atom is 0.113 e. The molecule has 5 heteroatoms. The molecule has 1 unspecified atom stereocenters. The van der Waals surface area contributed by atoms with Gasteiger partial charge in [0.1, 0.15) is 5.52 Å². The quantitative estimate of drug-likeness (QED) is 0.803. The average Bonchev–Trinajstić information content (AvgIpc) is 2.90. The van der Waals surface area contributed by atoms with Gasteiger partial charge in [-0.1, -0.05) is 35.0 Å². The van der Waals surface area contributed by atoms with Crippen LogP contribution in [0.15, 0.2) is 42.5 Å². The van der Waals surface area contributed by atoms with Gasteiger partial charge >= 0.3 is 0 Å². The summed E-state index contributed by atoms with van der Waals surface area (Å²) in [5.74, 6) is 0. The molecule has 0 radical (unpaired) electrons. The van der Waals surface area contributed by atoms with Gasteiger partial charge in [-0.15, -0.1) is 5.10 Å². The van der Waals surface area contributed by atoms with Crippen molar-refractivity contribution in [2.45, 2.75) is 13.0 Å². The van der Waals surface area contributed by atoms with Gasteiger partial charge in [0, 0.05) is 6.04 Å². The normalized spacial score (nSPS) is 12.8. The molecule has 1 N–H and O–H groups in total. The van der Waals surface area contributed by atoms with E-state index in [9.17, 15) is 0 Å². The number of aromatic nitrogens is 3. The van der Waals surface area contributed by atoms with E-state index in [0.29, 0.717) is 5.02 Å². The summed E-state index contributed by atoms with van der Waals surface area (Å²) < 4.78 is 1.77. The van der Waals surface area contributed by atoms with Crippen molar-refractivity contribution in [1.29, 1.82) is 0 Å². The van der Waals surface area contributed by atoms with E-state index in [2.05, 4.69) is 28.6 Å². The number of para-hydroxylation sites is 1. The first kappa shape index (κ1) is 13.1. The molecule has 20 heavy (non-hydrogen) atoms. The van der Waals surface area contributed by atoms with Crippen molar-refractivity contribution in [3.05, 3.63) is 53.1 Å². The lowest BCUT2D eigenvalue weighted by atomic mass is 10.1. The number of fused-ring (bicyclic) bond motifs is 1. The van der Waals surface area contributed by atoms with E-state index in [1.165, 1.54) is 0 Å². The minimum absolute atomic E-state index is 0.258. The van der Waals surface area contributed by atoms with Crippen LogP contribution < -0.4 is 5.32 Å². The Balaban J connectivity index is 2.11. The summed E-state index contributed by atoms with van der Waals surface area (Å²) in [6.07, 6.45) is 0. The Kier molecular flexibility index (Phi) is 3.42. The van der Waals surface area contributed by atoms with Gasteiger partial charge in [0.05, 0.1) is 16.2 Å². The largest absolute Gasteiger partial charge is 0.313 e. The molecule has 0 aliphatic carbocycles. The fourth-order valence-electron chi connectivity index (χ4n) is 2.18. The summed E-state index contributed by atoms with van der Waals surface area (Å²) in [7, 11) is 1.93. The summed E-state index contributed by atoms with van der Waals surface area (Å²) in [6.45, 7) is 2.09. The SMILES string of the molecule is CNC(C)c1ccc(-n2nnc3ccccc32)c(Cl)c1. The van der Waals surface area contributed by atoms with E-state index in [1.807, 2.05) is 43.4 Å². The van der Waals surface area contributed by atoms with Gasteiger partial charge < -0.3 is 5.32 Å². The monoisotopic (exact) mass is 286 g/mol. The van der Waals surface area contributed by atoms with Gasteiger partial charge in [0.2, 0.25) is 0 Å². The molecule has 3 aromatic rings. The fraction of sp³-hybridized carbons (Fsp3) is 0.200. The predicted molar refractivity (Wildman–Crippen MR) is 81.3 cm³/mol. The Morgan fingerprint density at radius 2 is 2.00 bits per heavy atom.